The Morgan fingerprint density at radius 3 is 2.71 bits per heavy atom. The van der Waals surface area contributed by atoms with Gasteiger partial charge in [0.1, 0.15) is 0 Å². The van der Waals surface area contributed by atoms with Gasteiger partial charge in [0.05, 0.1) is 10.0 Å². The fraction of sp³-hybridized carbons (Fsp3) is 0.421. The van der Waals surface area contributed by atoms with Crippen LogP contribution in [0.3, 0.4) is 0 Å². The summed E-state index contributed by atoms with van der Waals surface area (Å²) in [5.41, 5.74) is 1.48. The Labute approximate surface area is 152 Å². The lowest BCUT2D eigenvalue weighted by Crippen LogP contribution is -2.27. The minimum Gasteiger partial charge on any atom is -0.350 e. The van der Waals surface area contributed by atoms with Crippen LogP contribution in [-0.2, 0) is 4.79 Å². The number of benzene rings is 1. The summed E-state index contributed by atoms with van der Waals surface area (Å²) in [6.07, 6.45) is 4.63. The molecule has 2 nitrogen and oxygen atoms in total. The second-order valence-electron chi connectivity index (χ2n) is 6.64. The molecule has 0 spiro atoms. The van der Waals surface area contributed by atoms with Crippen molar-refractivity contribution in [2.75, 3.05) is 6.54 Å². The van der Waals surface area contributed by atoms with Crippen molar-refractivity contribution >= 4 is 29.1 Å². The van der Waals surface area contributed by atoms with E-state index in [1.807, 2.05) is 32.1 Å². The molecule has 2 rings (SSSR count). The van der Waals surface area contributed by atoms with Gasteiger partial charge in [-0.1, -0.05) is 55.3 Å². The van der Waals surface area contributed by atoms with Gasteiger partial charge in [0.15, 0.2) is 5.83 Å². The average molecular weight is 370 g/mol. The van der Waals surface area contributed by atoms with E-state index in [0.717, 1.165) is 12.0 Å². The predicted molar refractivity (Wildman–Crippen MR) is 98.1 cm³/mol. The first-order valence-electron chi connectivity index (χ1n) is 8.07. The Kier molecular flexibility index (Phi) is 6.47. The van der Waals surface area contributed by atoms with Gasteiger partial charge in [-0.15, -0.1) is 0 Å². The molecule has 0 aliphatic heterocycles. The maximum absolute atomic E-state index is 14.0. The van der Waals surface area contributed by atoms with Crippen molar-refractivity contribution < 1.29 is 9.18 Å². The van der Waals surface area contributed by atoms with Crippen LogP contribution in [0, 0.1) is 11.8 Å². The van der Waals surface area contributed by atoms with Gasteiger partial charge in [0, 0.05) is 6.54 Å². The monoisotopic (exact) mass is 369 g/mol. The summed E-state index contributed by atoms with van der Waals surface area (Å²) in [6.45, 7) is 6.00. The van der Waals surface area contributed by atoms with Crippen LogP contribution >= 0.6 is 23.2 Å². The van der Waals surface area contributed by atoms with E-state index in [-0.39, 0.29) is 5.92 Å². The molecule has 24 heavy (non-hydrogen) atoms. The van der Waals surface area contributed by atoms with E-state index in [0.29, 0.717) is 34.0 Å². The van der Waals surface area contributed by atoms with Gasteiger partial charge >= 0.3 is 0 Å². The number of hydrogen-bond acceptors (Lipinski definition) is 1. The molecular formula is C19H22Cl2FNO. The molecule has 5 heteroatoms. The molecular weight excluding hydrogens is 348 g/mol. The third kappa shape index (κ3) is 5.09. The van der Waals surface area contributed by atoms with Crippen molar-refractivity contribution in [3.05, 3.63) is 57.4 Å². The quantitative estimate of drug-likeness (QED) is 0.507. The fourth-order valence-electron chi connectivity index (χ4n) is 2.45. The molecule has 1 amide bonds. The molecule has 1 saturated carbocycles. The van der Waals surface area contributed by atoms with Crippen LogP contribution in [0.2, 0.25) is 10.0 Å². The van der Waals surface area contributed by atoms with Gasteiger partial charge in [0.25, 0.3) is 5.91 Å². The van der Waals surface area contributed by atoms with E-state index in [1.165, 1.54) is 0 Å². The van der Waals surface area contributed by atoms with Gasteiger partial charge in [0.2, 0.25) is 0 Å². The van der Waals surface area contributed by atoms with E-state index >= 15 is 0 Å². The molecule has 2 atom stereocenters. The second kappa shape index (κ2) is 8.17. The van der Waals surface area contributed by atoms with Crippen molar-refractivity contribution in [2.45, 2.75) is 33.1 Å². The summed E-state index contributed by atoms with van der Waals surface area (Å²) in [5, 5.41) is 3.67. The van der Waals surface area contributed by atoms with E-state index < -0.39 is 11.7 Å². The number of carbonyl (C=O) groups is 1. The zero-order valence-corrected chi connectivity index (χ0v) is 15.6. The van der Waals surface area contributed by atoms with Crippen molar-refractivity contribution in [3.8, 4) is 0 Å². The highest BCUT2D eigenvalue weighted by atomic mass is 35.5. The smallest absolute Gasteiger partial charge is 0.280 e. The van der Waals surface area contributed by atoms with Crippen LogP contribution in [0.4, 0.5) is 4.39 Å². The summed E-state index contributed by atoms with van der Waals surface area (Å²) in [5.74, 6) is -0.372. The first-order valence-corrected chi connectivity index (χ1v) is 8.83. The number of halogens is 3. The van der Waals surface area contributed by atoms with Crippen LogP contribution < -0.4 is 5.32 Å². The lowest BCUT2D eigenvalue weighted by Gasteiger charge is -2.06. The number of hydrogen-bond donors (Lipinski definition) is 1. The topological polar surface area (TPSA) is 29.1 Å². The normalized spacial score (nSPS) is 21.1. The van der Waals surface area contributed by atoms with E-state index in [4.69, 9.17) is 23.2 Å². The maximum Gasteiger partial charge on any atom is 0.280 e. The highest BCUT2D eigenvalue weighted by molar-refractivity contribution is 6.42. The standard InChI is InChI=1S/C19H22Cl2FNO/c1-11(2)10-23-19(24)18(22)12(3)4-5-13-8-15(13)14-6-7-16(20)17(21)9-14/h4-7,9,11,13,15H,8,10H2,1-3H3,(H,23,24)/t13-,15-/m1/s1. The Hall–Kier alpha value is -1.32. The van der Waals surface area contributed by atoms with E-state index in [9.17, 15) is 9.18 Å². The van der Waals surface area contributed by atoms with Crippen molar-refractivity contribution in [2.24, 2.45) is 11.8 Å². The lowest BCUT2D eigenvalue weighted by atomic mass is 10.1. The third-order valence-electron chi connectivity index (χ3n) is 4.02. The first-order chi connectivity index (χ1) is 11.3. The van der Waals surface area contributed by atoms with Crippen molar-refractivity contribution in [3.63, 3.8) is 0 Å². The van der Waals surface area contributed by atoms with Crippen LogP contribution in [0.15, 0.2) is 41.8 Å². The average Bonchev–Trinajstić information content (AvgIpc) is 3.31. The number of amides is 1. The van der Waals surface area contributed by atoms with Crippen LogP contribution in [0.1, 0.15) is 38.7 Å². The van der Waals surface area contributed by atoms with E-state index in [1.54, 1.807) is 19.1 Å². The Morgan fingerprint density at radius 1 is 1.38 bits per heavy atom. The Morgan fingerprint density at radius 2 is 2.08 bits per heavy atom. The molecule has 1 fully saturated rings. The molecule has 0 radical (unpaired) electrons. The molecule has 130 valence electrons. The molecule has 0 aromatic heterocycles. The highest BCUT2D eigenvalue weighted by Gasteiger charge is 2.36. The molecule has 0 unspecified atom stereocenters. The SMILES string of the molecule is CC(C=C[C@@H]1C[C@H]1c1ccc(Cl)c(Cl)c1)=C(F)C(=O)NCC(C)C. The molecule has 0 bridgehead atoms. The summed E-state index contributed by atoms with van der Waals surface area (Å²) in [7, 11) is 0. The summed E-state index contributed by atoms with van der Waals surface area (Å²) >= 11 is 12.0. The van der Waals surface area contributed by atoms with Crippen LogP contribution in [0.5, 0.6) is 0 Å². The minimum absolute atomic E-state index is 0.288. The fourth-order valence-corrected chi connectivity index (χ4v) is 2.75. The molecule has 1 aromatic rings. The van der Waals surface area contributed by atoms with Gasteiger partial charge in [-0.2, -0.15) is 0 Å². The van der Waals surface area contributed by atoms with Crippen molar-refractivity contribution in [1.29, 1.82) is 0 Å². The number of nitrogens with one attached hydrogen (secondary N) is 1. The Bertz CT molecular complexity index is 682. The Balaban J connectivity index is 1.95. The van der Waals surface area contributed by atoms with Crippen LogP contribution in [-0.4, -0.2) is 12.5 Å². The maximum atomic E-state index is 14.0. The number of rotatable bonds is 6. The van der Waals surface area contributed by atoms with Gasteiger partial charge < -0.3 is 5.32 Å². The van der Waals surface area contributed by atoms with Crippen LogP contribution in [0.25, 0.3) is 0 Å². The van der Waals surface area contributed by atoms with E-state index in [2.05, 4.69) is 5.32 Å². The zero-order valence-electron chi connectivity index (χ0n) is 14.1. The van der Waals surface area contributed by atoms with Gasteiger partial charge in [-0.3, -0.25) is 4.79 Å². The number of allylic oxidation sites excluding steroid dienone is 3. The predicted octanol–water partition coefficient (Wildman–Crippen LogP) is 5.67. The molecule has 1 aliphatic rings. The third-order valence-corrected chi connectivity index (χ3v) is 4.76. The molecule has 1 aromatic carbocycles. The molecule has 1 aliphatic carbocycles. The number of carbonyl (C=O) groups excluding carboxylic acids is 1. The summed E-state index contributed by atoms with van der Waals surface area (Å²) in [6, 6.07) is 5.64. The molecule has 0 heterocycles. The zero-order chi connectivity index (χ0) is 17.9. The second-order valence-corrected chi connectivity index (χ2v) is 7.45. The largest absolute Gasteiger partial charge is 0.350 e. The van der Waals surface area contributed by atoms with Gasteiger partial charge in [-0.25, -0.2) is 4.39 Å². The highest BCUT2D eigenvalue weighted by Crippen LogP contribution is 2.49. The first kappa shape index (κ1) is 19.0. The minimum atomic E-state index is -0.723. The molecule has 1 N–H and O–H groups in total. The molecule has 0 saturated heterocycles. The lowest BCUT2D eigenvalue weighted by molar-refractivity contribution is -0.119. The van der Waals surface area contributed by atoms with Gasteiger partial charge in [-0.05, 0) is 54.4 Å². The summed E-state index contributed by atoms with van der Waals surface area (Å²) < 4.78 is 14.0. The summed E-state index contributed by atoms with van der Waals surface area (Å²) in [4.78, 5) is 11.7. The van der Waals surface area contributed by atoms with Crippen molar-refractivity contribution in [1.82, 2.24) is 5.32 Å².